The van der Waals surface area contributed by atoms with Crippen LogP contribution < -0.4 is 0 Å². The predicted octanol–water partition coefficient (Wildman–Crippen LogP) is 10.0. The first kappa shape index (κ1) is 50.8. The smallest absolute Gasteiger partial charge is 0.344 e. The summed E-state index contributed by atoms with van der Waals surface area (Å²) in [5.41, 5.74) is -2.77. The van der Waals surface area contributed by atoms with Gasteiger partial charge in [-0.3, -0.25) is 24.0 Å². The fourth-order valence-electron chi connectivity index (χ4n) is 12.1. The number of carbonyl (C=O) groups excluding carboxylic acids is 6. The maximum absolute atomic E-state index is 12.7. The summed E-state index contributed by atoms with van der Waals surface area (Å²) in [6, 6.07) is 0. The highest BCUT2D eigenvalue weighted by molar-refractivity contribution is 6.03. The number of hydrogen-bond donors (Lipinski definition) is 0. The van der Waals surface area contributed by atoms with Gasteiger partial charge in [0.1, 0.15) is 23.4 Å². The monoisotopic (exact) mass is 887 g/mol. The van der Waals surface area contributed by atoms with E-state index in [1.54, 1.807) is 13.8 Å². The SMILES string of the molecule is CCC(C)(C)C(=O)OC(C)(CC)C12CC3CC(CC(C3)C1)C2.CCC(C)(C)C(=O)OCC(=O)OC1C2CC3C1OC(=O)C3(C(=O)OC)C2.CCC1(OC(=O)C(C)(C)CC)CCCC1. The summed E-state index contributed by atoms with van der Waals surface area (Å²) in [6.45, 7) is 23.5. The quantitative estimate of drug-likeness (QED) is 0.0872. The number of esters is 6. The molecule has 7 saturated carbocycles. The van der Waals surface area contributed by atoms with E-state index in [1.165, 1.54) is 58.5 Å². The second kappa shape index (κ2) is 19.0. The zero-order chi connectivity index (χ0) is 47.0. The van der Waals surface area contributed by atoms with Gasteiger partial charge in [0.15, 0.2) is 12.0 Å². The van der Waals surface area contributed by atoms with Gasteiger partial charge in [-0.1, -0.05) is 34.6 Å². The van der Waals surface area contributed by atoms with Gasteiger partial charge in [-0.25, -0.2) is 4.79 Å². The molecule has 1 saturated heterocycles. The molecule has 0 spiro atoms. The van der Waals surface area contributed by atoms with Crippen molar-refractivity contribution in [1.82, 2.24) is 0 Å². The average molecular weight is 887 g/mol. The minimum Gasteiger partial charge on any atom is -0.468 e. The Kier molecular flexibility index (Phi) is 15.3. The predicted molar refractivity (Wildman–Crippen MR) is 237 cm³/mol. The zero-order valence-electron chi connectivity index (χ0n) is 41.2. The van der Waals surface area contributed by atoms with E-state index in [4.69, 9.17) is 28.4 Å². The van der Waals surface area contributed by atoms with Gasteiger partial charge >= 0.3 is 35.8 Å². The molecule has 0 aromatic heterocycles. The summed E-state index contributed by atoms with van der Waals surface area (Å²) < 4.78 is 32.7. The molecule has 0 N–H and O–H groups in total. The zero-order valence-corrected chi connectivity index (χ0v) is 41.2. The molecule has 0 aromatic rings. The van der Waals surface area contributed by atoms with Crippen molar-refractivity contribution in [2.75, 3.05) is 13.7 Å². The molecule has 8 rings (SSSR count). The molecule has 1 heterocycles. The Morgan fingerprint density at radius 3 is 1.67 bits per heavy atom. The van der Waals surface area contributed by atoms with Crippen molar-refractivity contribution in [2.24, 2.45) is 56.7 Å². The van der Waals surface area contributed by atoms with Crippen molar-refractivity contribution >= 4 is 35.8 Å². The number of carbonyl (C=O) groups is 6. The van der Waals surface area contributed by atoms with Crippen LogP contribution in [0.4, 0.5) is 0 Å². The molecule has 6 atom stereocenters. The maximum Gasteiger partial charge on any atom is 0.344 e. The van der Waals surface area contributed by atoms with E-state index in [1.807, 2.05) is 41.5 Å². The number of methoxy groups -OCH3 is 1. The molecular weight excluding hydrogens is 805 g/mol. The summed E-state index contributed by atoms with van der Waals surface area (Å²) >= 11 is 0. The lowest BCUT2D eigenvalue weighted by atomic mass is 9.45. The van der Waals surface area contributed by atoms with Crippen molar-refractivity contribution < 1.29 is 57.2 Å². The van der Waals surface area contributed by atoms with Crippen LogP contribution in [0.3, 0.4) is 0 Å². The molecule has 358 valence electrons. The van der Waals surface area contributed by atoms with Gasteiger partial charge in [-0.05, 0) is 175 Å². The Hall–Kier alpha value is -3.18. The highest BCUT2D eigenvalue weighted by Crippen LogP contribution is 2.65. The summed E-state index contributed by atoms with van der Waals surface area (Å²) in [4.78, 5) is 73.2. The maximum atomic E-state index is 12.7. The summed E-state index contributed by atoms with van der Waals surface area (Å²) in [7, 11) is 1.24. The van der Waals surface area contributed by atoms with Gasteiger partial charge in [-0.15, -0.1) is 0 Å². The summed E-state index contributed by atoms with van der Waals surface area (Å²) in [6.07, 6.45) is 16.4. The third kappa shape index (κ3) is 9.85. The first-order valence-electron chi connectivity index (χ1n) is 24.5. The number of hydrogen-bond acceptors (Lipinski definition) is 12. The molecule has 0 amide bonds. The summed E-state index contributed by atoms with van der Waals surface area (Å²) in [5, 5.41) is 0. The van der Waals surface area contributed by atoms with E-state index in [2.05, 4.69) is 27.7 Å². The van der Waals surface area contributed by atoms with E-state index >= 15 is 0 Å². The number of ether oxygens (including phenoxy) is 6. The van der Waals surface area contributed by atoms with Crippen LogP contribution in [0.5, 0.6) is 0 Å². The van der Waals surface area contributed by atoms with Gasteiger partial charge < -0.3 is 28.4 Å². The fourth-order valence-corrected chi connectivity index (χ4v) is 12.1. The van der Waals surface area contributed by atoms with E-state index in [0.717, 1.165) is 56.3 Å². The van der Waals surface area contributed by atoms with Crippen LogP contribution in [0.2, 0.25) is 0 Å². The number of rotatable bonds is 15. The normalized spacial score (nSPS) is 32.8. The Morgan fingerprint density at radius 2 is 1.19 bits per heavy atom. The van der Waals surface area contributed by atoms with E-state index in [-0.39, 0.29) is 57.6 Å². The lowest BCUT2D eigenvalue weighted by molar-refractivity contribution is -0.212. The first-order chi connectivity index (χ1) is 29.4. The topological polar surface area (TPSA) is 158 Å². The molecule has 7 aliphatic carbocycles. The van der Waals surface area contributed by atoms with E-state index in [9.17, 15) is 28.8 Å². The average Bonchev–Trinajstić information content (AvgIpc) is 4.01. The van der Waals surface area contributed by atoms with Crippen LogP contribution in [0.15, 0.2) is 0 Å². The fraction of sp³-hybridized carbons (Fsp3) is 0.882. The van der Waals surface area contributed by atoms with Crippen LogP contribution in [-0.4, -0.2) is 72.9 Å². The van der Waals surface area contributed by atoms with Gasteiger partial charge in [0.05, 0.1) is 23.4 Å². The third-order valence-electron chi connectivity index (χ3n) is 17.6. The van der Waals surface area contributed by atoms with Crippen LogP contribution in [-0.2, 0) is 57.2 Å². The van der Waals surface area contributed by atoms with Crippen molar-refractivity contribution in [3.63, 3.8) is 0 Å². The third-order valence-corrected chi connectivity index (χ3v) is 17.6. The van der Waals surface area contributed by atoms with E-state index in [0.29, 0.717) is 12.8 Å². The first-order valence-corrected chi connectivity index (χ1v) is 24.5. The molecule has 12 nitrogen and oxygen atoms in total. The van der Waals surface area contributed by atoms with Gasteiger partial charge in [0.25, 0.3) is 0 Å². The van der Waals surface area contributed by atoms with Crippen molar-refractivity contribution in [3.8, 4) is 0 Å². The minimum atomic E-state index is -1.26. The molecule has 63 heavy (non-hydrogen) atoms. The lowest BCUT2D eigenvalue weighted by Gasteiger charge is -2.62. The summed E-state index contributed by atoms with van der Waals surface area (Å²) in [5.74, 6) is -0.149. The Morgan fingerprint density at radius 1 is 0.683 bits per heavy atom. The molecule has 12 heteroatoms. The lowest BCUT2D eigenvalue weighted by Crippen LogP contribution is -2.59. The molecule has 6 unspecified atom stereocenters. The second-order valence-corrected chi connectivity index (χ2v) is 22.7. The molecule has 0 aromatic carbocycles. The molecular formula is C51H82O12. The van der Waals surface area contributed by atoms with E-state index < -0.39 is 53.5 Å². The highest BCUT2D eigenvalue weighted by Gasteiger charge is 2.75. The van der Waals surface area contributed by atoms with Crippen molar-refractivity contribution in [2.45, 2.75) is 216 Å². The second-order valence-electron chi connectivity index (χ2n) is 22.7. The Bertz CT molecular complexity index is 1670. The largest absolute Gasteiger partial charge is 0.468 e. The minimum absolute atomic E-state index is 0.00935. The molecule has 8 fully saturated rings. The van der Waals surface area contributed by atoms with Gasteiger partial charge in [-0.2, -0.15) is 0 Å². The van der Waals surface area contributed by atoms with Crippen LogP contribution in [0, 0.1) is 56.7 Å². The molecule has 6 bridgehead atoms. The van der Waals surface area contributed by atoms with Gasteiger partial charge in [0.2, 0.25) is 0 Å². The van der Waals surface area contributed by atoms with Crippen LogP contribution in [0.25, 0.3) is 0 Å². The van der Waals surface area contributed by atoms with Crippen molar-refractivity contribution in [1.29, 1.82) is 0 Å². The highest BCUT2D eigenvalue weighted by atomic mass is 16.6. The molecule has 1 aliphatic heterocycles. The van der Waals surface area contributed by atoms with Crippen molar-refractivity contribution in [3.05, 3.63) is 0 Å². The molecule has 8 aliphatic rings. The van der Waals surface area contributed by atoms with Crippen LogP contribution >= 0.6 is 0 Å². The standard InChI is InChI=1S/C20H34O2.C18H24O8.C13H24O2/c1-6-18(3,4)17(21)22-19(5,7-2)20-11-14-8-15(12-20)10-16(9-14)13-20;1-5-17(2,3)14(20)24-8-11(19)25-12-9-6-10-13(12)26-16(22)18(10,7-9)15(21)23-4;1-5-12(3,4)11(14)15-13(6-2)9-7-8-10-13/h14-16H,6-13H2,1-5H3;9-10,12-13H,5-8H2,1-4H3;5-10H2,1-4H3. The number of fused-ring (bicyclic) bond motifs is 1. The molecule has 0 radical (unpaired) electrons. The van der Waals surface area contributed by atoms with Crippen LogP contribution in [0.1, 0.15) is 192 Å². The van der Waals surface area contributed by atoms with Gasteiger partial charge in [0, 0.05) is 17.3 Å². The Balaban J connectivity index is 0.000000185. The Labute approximate surface area is 378 Å².